The van der Waals surface area contributed by atoms with Gasteiger partial charge >= 0.3 is 0 Å². The van der Waals surface area contributed by atoms with Gasteiger partial charge in [0.25, 0.3) is 5.56 Å². The Hall–Kier alpha value is -1.69. The molecule has 0 unspecified atom stereocenters. The van der Waals surface area contributed by atoms with E-state index in [0.717, 1.165) is 0 Å². The molecule has 0 radical (unpaired) electrons. The summed E-state index contributed by atoms with van der Waals surface area (Å²) in [5.41, 5.74) is -0.770. The number of hydrogen-bond donors (Lipinski definition) is 2. The highest BCUT2D eigenvalue weighted by Crippen LogP contribution is 2.33. The van der Waals surface area contributed by atoms with E-state index in [9.17, 15) is 14.7 Å². The lowest BCUT2D eigenvalue weighted by molar-refractivity contribution is -0.130. The molecule has 1 saturated heterocycles. The van der Waals surface area contributed by atoms with Crippen LogP contribution in [0.1, 0.15) is 32.2 Å². The minimum atomic E-state index is -0.854. The molecule has 21 heavy (non-hydrogen) atoms. The lowest BCUT2D eigenvalue weighted by Crippen LogP contribution is -2.43. The SMILES string of the molecule is Cc1ncc(CC(=O)N2C[C@@H](C)[C@](O)(C(C)C)C2)c(=O)[nH]1. The highest BCUT2D eigenvalue weighted by Gasteiger charge is 2.46. The van der Waals surface area contributed by atoms with E-state index in [2.05, 4.69) is 9.97 Å². The van der Waals surface area contributed by atoms with Crippen LogP contribution in [-0.4, -0.2) is 44.6 Å². The molecule has 0 aliphatic carbocycles. The molecular weight excluding hydrogens is 270 g/mol. The Morgan fingerprint density at radius 3 is 2.81 bits per heavy atom. The van der Waals surface area contributed by atoms with Gasteiger partial charge < -0.3 is 15.0 Å². The molecule has 0 aromatic carbocycles. The molecule has 116 valence electrons. The molecule has 2 N–H and O–H groups in total. The second-order valence-electron chi connectivity index (χ2n) is 6.32. The van der Waals surface area contributed by atoms with Crippen LogP contribution in [-0.2, 0) is 11.2 Å². The van der Waals surface area contributed by atoms with Gasteiger partial charge in [-0.15, -0.1) is 0 Å². The minimum absolute atomic E-state index is 0.0174. The van der Waals surface area contributed by atoms with Gasteiger partial charge in [-0.2, -0.15) is 0 Å². The summed E-state index contributed by atoms with van der Waals surface area (Å²) in [7, 11) is 0. The fourth-order valence-electron chi connectivity index (χ4n) is 2.87. The number of rotatable bonds is 3. The molecule has 0 saturated carbocycles. The number of aromatic amines is 1. The Morgan fingerprint density at radius 1 is 1.62 bits per heavy atom. The number of nitrogens with one attached hydrogen (secondary N) is 1. The molecule has 1 aromatic heterocycles. The summed E-state index contributed by atoms with van der Waals surface area (Å²) >= 11 is 0. The maximum Gasteiger partial charge on any atom is 0.254 e. The van der Waals surface area contributed by atoms with Crippen molar-refractivity contribution in [3.8, 4) is 0 Å². The van der Waals surface area contributed by atoms with Gasteiger partial charge in [-0.3, -0.25) is 9.59 Å². The largest absolute Gasteiger partial charge is 0.387 e. The number of aliphatic hydroxyl groups is 1. The molecule has 1 aliphatic heterocycles. The molecule has 1 fully saturated rings. The quantitative estimate of drug-likeness (QED) is 0.849. The van der Waals surface area contributed by atoms with E-state index in [4.69, 9.17) is 0 Å². The van der Waals surface area contributed by atoms with Crippen molar-refractivity contribution in [2.75, 3.05) is 13.1 Å². The van der Waals surface area contributed by atoms with Crippen molar-refractivity contribution in [2.24, 2.45) is 11.8 Å². The fraction of sp³-hybridized carbons (Fsp3) is 0.667. The molecule has 1 aliphatic rings. The Balaban J connectivity index is 2.10. The monoisotopic (exact) mass is 293 g/mol. The van der Waals surface area contributed by atoms with Crippen molar-refractivity contribution in [1.82, 2.24) is 14.9 Å². The van der Waals surface area contributed by atoms with Crippen LogP contribution in [0.2, 0.25) is 0 Å². The van der Waals surface area contributed by atoms with Gasteiger partial charge in [0.1, 0.15) is 5.82 Å². The van der Waals surface area contributed by atoms with Crippen molar-refractivity contribution in [1.29, 1.82) is 0 Å². The third-order valence-electron chi connectivity index (χ3n) is 4.49. The van der Waals surface area contributed by atoms with Crippen molar-refractivity contribution in [2.45, 2.75) is 39.7 Å². The van der Waals surface area contributed by atoms with Gasteiger partial charge in [0.2, 0.25) is 5.91 Å². The zero-order valence-electron chi connectivity index (χ0n) is 13.0. The highest BCUT2D eigenvalue weighted by molar-refractivity contribution is 5.79. The van der Waals surface area contributed by atoms with Crippen LogP contribution in [0, 0.1) is 18.8 Å². The standard InChI is InChI=1S/C15H23N3O3/c1-9(2)15(21)8-18(7-10(15)3)13(19)5-12-6-16-11(4)17-14(12)20/h6,9-10,21H,5,7-8H2,1-4H3,(H,16,17,20)/t10-,15-/m1/s1. The Labute approximate surface area is 124 Å². The minimum Gasteiger partial charge on any atom is -0.387 e. The van der Waals surface area contributed by atoms with Crippen LogP contribution in [0.5, 0.6) is 0 Å². The summed E-state index contributed by atoms with van der Waals surface area (Å²) in [6.07, 6.45) is 1.46. The summed E-state index contributed by atoms with van der Waals surface area (Å²) in [5, 5.41) is 10.6. The molecule has 1 aromatic rings. The lowest BCUT2D eigenvalue weighted by Gasteiger charge is -2.31. The number of likely N-dealkylation sites (tertiary alicyclic amines) is 1. The second kappa shape index (κ2) is 5.60. The van der Waals surface area contributed by atoms with Crippen LogP contribution < -0.4 is 5.56 Å². The van der Waals surface area contributed by atoms with Crippen molar-refractivity contribution >= 4 is 5.91 Å². The number of amides is 1. The van der Waals surface area contributed by atoms with Crippen LogP contribution in [0.25, 0.3) is 0 Å². The zero-order chi connectivity index (χ0) is 15.8. The highest BCUT2D eigenvalue weighted by atomic mass is 16.3. The number of nitrogens with zero attached hydrogens (tertiary/aromatic N) is 2. The zero-order valence-corrected chi connectivity index (χ0v) is 13.0. The molecule has 6 heteroatoms. The smallest absolute Gasteiger partial charge is 0.254 e. The number of aryl methyl sites for hydroxylation is 1. The predicted molar refractivity (Wildman–Crippen MR) is 78.8 cm³/mol. The first-order valence-corrected chi connectivity index (χ1v) is 7.29. The summed E-state index contributed by atoms with van der Waals surface area (Å²) < 4.78 is 0. The van der Waals surface area contributed by atoms with Gasteiger partial charge in [0.15, 0.2) is 0 Å². The summed E-state index contributed by atoms with van der Waals surface area (Å²) in [6.45, 7) is 8.40. The van der Waals surface area contributed by atoms with Gasteiger partial charge in [0, 0.05) is 30.8 Å². The van der Waals surface area contributed by atoms with Crippen molar-refractivity contribution in [3.05, 3.63) is 27.9 Å². The summed E-state index contributed by atoms with van der Waals surface area (Å²) in [4.78, 5) is 32.4. The van der Waals surface area contributed by atoms with Gasteiger partial charge in [-0.05, 0) is 12.8 Å². The summed E-state index contributed by atoms with van der Waals surface area (Å²) in [6, 6.07) is 0. The van der Waals surface area contributed by atoms with Crippen LogP contribution in [0.4, 0.5) is 0 Å². The molecule has 0 bridgehead atoms. The number of carbonyl (C=O) groups excluding carboxylic acids is 1. The Morgan fingerprint density at radius 2 is 2.29 bits per heavy atom. The number of aromatic nitrogens is 2. The van der Waals surface area contributed by atoms with Crippen molar-refractivity contribution < 1.29 is 9.90 Å². The van der Waals surface area contributed by atoms with E-state index < -0.39 is 5.60 Å². The molecule has 1 amide bonds. The number of hydrogen-bond acceptors (Lipinski definition) is 4. The first-order chi connectivity index (χ1) is 9.74. The van der Waals surface area contributed by atoms with Gasteiger partial charge in [0.05, 0.1) is 12.0 Å². The first-order valence-electron chi connectivity index (χ1n) is 7.29. The normalized spacial score (nSPS) is 25.6. The fourth-order valence-corrected chi connectivity index (χ4v) is 2.87. The first kappa shape index (κ1) is 15.7. The molecule has 6 nitrogen and oxygen atoms in total. The van der Waals surface area contributed by atoms with Gasteiger partial charge in [-0.25, -0.2) is 4.98 Å². The molecule has 2 rings (SSSR count). The Kier molecular flexibility index (Phi) is 4.18. The predicted octanol–water partition coefficient (Wildman–Crippen LogP) is 0.486. The average molecular weight is 293 g/mol. The van der Waals surface area contributed by atoms with E-state index in [1.807, 2.05) is 20.8 Å². The Bertz CT molecular complexity index is 596. The van der Waals surface area contributed by atoms with E-state index in [1.165, 1.54) is 6.20 Å². The average Bonchev–Trinajstić information content (AvgIpc) is 2.70. The maximum absolute atomic E-state index is 12.3. The van der Waals surface area contributed by atoms with Crippen LogP contribution in [0.15, 0.2) is 11.0 Å². The molecular formula is C15H23N3O3. The number of β-amino-alcohol motifs (C(OH)–C–C–N with tert-alkyl or cyclic N) is 1. The van der Waals surface area contributed by atoms with E-state index in [0.29, 0.717) is 24.5 Å². The third kappa shape index (κ3) is 3.00. The number of H-pyrrole nitrogens is 1. The van der Waals surface area contributed by atoms with Crippen LogP contribution >= 0.6 is 0 Å². The topological polar surface area (TPSA) is 86.3 Å². The van der Waals surface area contributed by atoms with E-state index in [-0.39, 0.29) is 29.7 Å². The molecule has 2 atom stereocenters. The molecule has 2 heterocycles. The second-order valence-corrected chi connectivity index (χ2v) is 6.32. The summed E-state index contributed by atoms with van der Waals surface area (Å²) in [5.74, 6) is 0.486. The van der Waals surface area contributed by atoms with E-state index >= 15 is 0 Å². The third-order valence-corrected chi connectivity index (χ3v) is 4.49. The maximum atomic E-state index is 12.3. The van der Waals surface area contributed by atoms with Gasteiger partial charge in [-0.1, -0.05) is 20.8 Å². The van der Waals surface area contributed by atoms with Crippen LogP contribution in [0.3, 0.4) is 0 Å². The van der Waals surface area contributed by atoms with Crippen molar-refractivity contribution in [3.63, 3.8) is 0 Å². The van der Waals surface area contributed by atoms with E-state index in [1.54, 1.807) is 11.8 Å². The molecule has 0 spiro atoms. The number of carbonyl (C=O) groups is 1. The lowest BCUT2D eigenvalue weighted by atomic mass is 9.82.